The third kappa shape index (κ3) is 2.41. The van der Waals surface area contributed by atoms with Crippen molar-refractivity contribution in [3.63, 3.8) is 0 Å². The Kier molecular flexibility index (Phi) is 3.38. The fraction of sp³-hybridized carbons (Fsp3) is 0.0385. The first-order chi connectivity index (χ1) is 14.3. The Balaban J connectivity index is 1.58. The maximum absolute atomic E-state index is 6.19. The van der Waals surface area contributed by atoms with Crippen molar-refractivity contribution in [2.24, 2.45) is 0 Å². The molecule has 29 heavy (non-hydrogen) atoms. The highest BCUT2D eigenvalue weighted by Crippen LogP contribution is 2.37. The van der Waals surface area contributed by atoms with Gasteiger partial charge in [0.25, 0.3) is 0 Å². The Morgan fingerprint density at radius 1 is 0.655 bits per heavy atom. The van der Waals surface area contributed by atoms with Crippen LogP contribution in [0.1, 0.15) is 5.56 Å². The SMILES string of the molecule is Cc1c(-c2ccccc2)oc2ccc(-c3cccc4c3oc3ccccc34)nc12. The normalized spacial score (nSPS) is 11.6. The van der Waals surface area contributed by atoms with Gasteiger partial charge in [0, 0.05) is 27.5 Å². The van der Waals surface area contributed by atoms with Crippen molar-refractivity contribution in [3.8, 4) is 22.6 Å². The van der Waals surface area contributed by atoms with E-state index in [1.807, 2.05) is 48.5 Å². The lowest BCUT2D eigenvalue weighted by Gasteiger charge is -2.02. The summed E-state index contributed by atoms with van der Waals surface area (Å²) in [6.45, 7) is 2.06. The van der Waals surface area contributed by atoms with Gasteiger partial charge >= 0.3 is 0 Å². The Bertz CT molecular complexity index is 1510. The average Bonchev–Trinajstić information content (AvgIpc) is 3.32. The molecule has 0 bridgehead atoms. The fourth-order valence-electron chi connectivity index (χ4n) is 4.06. The molecule has 6 aromatic rings. The van der Waals surface area contributed by atoms with Crippen LogP contribution in [0.3, 0.4) is 0 Å². The average molecular weight is 375 g/mol. The molecule has 3 aromatic heterocycles. The number of nitrogens with zero attached hydrogens (tertiary/aromatic N) is 1. The lowest BCUT2D eigenvalue weighted by molar-refractivity contribution is 0.628. The van der Waals surface area contributed by atoms with Gasteiger partial charge in [-0.1, -0.05) is 60.7 Å². The largest absolute Gasteiger partial charge is 0.455 e. The molecule has 0 saturated heterocycles. The van der Waals surface area contributed by atoms with Crippen molar-refractivity contribution < 1.29 is 8.83 Å². The lowest BCUT2D eigenvalue weighted by Crippen LogP contribution is -1.85. The number of benzene rings is 3. The summed E-state index contributed by atoms with van der Waals surface area (Å²) >= 11 is 0. The summed E-state index contributed by atoms with van der Waals surface area (Å²) in [5.74, 6) is 0.868. The summed E-state index contributed by atoms with van der Waals surface area (Å²) in [6, 6.07) is 28.5. The van der Waals surface area contributed by atoms with Gasteiger partial charge in [0.2, 0.25) is 0 Å². The molecule has 0 fully saturated rings. The second kappa shape index (κ2) is 6.08. The van der Waals surface area contributed by atoms with E-state index in [0.717, 1.165) is 61.2 Å². The molecule has 0 aliphatic heterocycles. The molecular weight excluding hydrogens is 358 g/mol. The first-order valence-corrected chi connectivity index (χ1v) is 9.66. The molecule has 3 nitrogen and oxygen atoms in total. The second-order valence-electron chi connectivity index (χ2n) is 7.25. The molecule has 0 spiro atoms. The monoisotopic (exact) mass is 375 g/mol. The van der Waals surface area contributed by atoms with Crippen LogP contribution < -0.4 is 0 Å². The van der Waals surface area contributed by atoms with E-state index in [1.165, 1.54) is 0 Å². The molecule has 0 radical (unpaired) electrons. The minimum atomic E-state index is 0.793. The molecule has 3 heteroatoms. The van der Waals surface area contributed by atoms with E-state index in [0.29, 0.717) is 0 Å². The predicted octanol–water partition coefficient (Wildman–Crippen LogP) is 7.37. The van der Waals surface area contributed by atoms with Crippen molar-refractivity contribution in [3.05, 3.63) is 90.5 Å². The first kappa shape index (κ1) is 16.1. The maximum Gasteiger partial charge on any atom is 0.153 e. The van der Waals surface area contributed by atoms with Crippen molar-refractivity contribution in [1.82, 2.24) is 4.98 Å². The van der Waals surface area contributed by atoms with Gasteiger partial charge in [-0.15, -0.1) is 0 Å². The number of furan rings is 2. The lowest BCUT2D eigenvalue weighted by atomic mass is 10.1. The minimum absolute atomic E-state index is 0.793. The Morgan fingerprint density at radius 2 is 1.45 bits per heavy atom. The van der Waals surface area contributed by atoms with Crippen LogP contribution >= 0.6 is 0 Å². The minimum Gasteiger partial charge on any atom is -0.455 e. The molecule has 0 aliphatic carbocycles. The summed E-state index contributed by atoms with van der Waals surface area (Å²) in [5.41, 5.74) is 7.41. The molecule has 0 atom stereocenters. The molecule has 0 aliphatic rings. The Hall–Kier alpha value is -3.85. The van der Waals surface area contributed by atoms with Gasteiger partial charge in [0.1, 0.15) is 22.4 Å². The number of fused-ring (bicyclic) bond motifs is 4. The van der Waals surface area contributed by atoms with Crippen LogP contribution in [0, 0.1) is 6.92 Å². The fourth-order valence-corrected chi connectivity index (χ4v) is 4.06. The topological polar surface area (TPSA) is 39.2 Å². The number of hydrogen-bond donors (Lipinski definition) is 0. The van der Waals surface area contributed by atoms with Crippen LogP contribution in [0.5, 0.6) is 0 Å². The molecule has 3 aromatic carbocycles. The molecule has 3 heterocycles. The van der Waals surface area contributed by atoms with Crippen molar-refractivity contribution in [2.45, 2.75) is 6.92 Å². The maximum atomic E-state index is 6.19. The number of aryl methyl sites for hydroxylation is 1. The molecule has 0 N–H and O–H groups in total. The van der Waals surface area contributed by atoms with Gasteiger partial charge in [0.15, 0.2) is 5.58 Å². The van der Waals surface area contributed by atoms with Crippen molar-refractivity contribution in [1.29, 1.82) is 0 Å². The highest BCUT2D eigenvalue weighted by atomic mass is 16.3. The van der Waals surface area contributed by atoms with Gasteiger partial charge in [-0.05, 0) is 31.2 Å². The van der Waals surface area contributed by atoms with Gasteiger partial charge in [-0.2, -0.15) is 0 Å². The number of para-hydroxylation sites is 2. The van der Waals surface area contributed by atoms with Crippen LogP contribution in [0.25, 0.3) is 55.6 Å². The number of rotatable bonds is 2. The van der Waals surface area contributed by atoms with E-state index in [9.17, 15) is 0 Å². The Morgan fingerprint density at radius 3 is 2.34 bits per heavy atom. The zero-order valence-electron chi connectivity index (χ0n) is 15.8. The predicted molar refractivity (Wildman–Crippen MR) is 117 cm³/mol. The van der Waals surface area contributed by atoms with Gasteiger partial charge in [-0.25, -0.2) is 4.98 Å². The summed E-state index contributed by atoms with van der Waals surface area (Å²) in [7, 11) is 0. The Labute approximate surface area is 167 Å². The quantitative estimate of drug-likeness (QED) is 0.317. The zero-order chi connectivity index (χ0) is 19.4. The molecule has 138 valence electrons. The van der Waals surface area contributed by atoms with Crippen LogP contribution in [0.2, 0.25) is 0 Å². The van der Waals surface area contributed by atoms with E-state index in [-0.39, 0.29) is 0 Å². The van der Waals surface area contributed by atoms with Crippen LogP contribution in [0.15, 0.2) is 93.8 Å². The van der Waals surface area contributed by atoms with Gasteiger partial charge in [0.05, 0.1) is 5.69 Å². The van der Waals surface area contributed by atoms with Crippen LogP contribution in [0.4, 0.5) is 0 Å². The smallest absolute Gasteiger partial charge is 0.153 e. The number of hydrogen-bond acceptors (Lipinski definition) is 3. The van der Waals surface area contributed by atoms with E-state index in [1.54, 1.807) is 0 Å². The van der Waals surface area contributed by atoms with Crippen LogP contribution in [-0.2, 0) is 0 Å². The van der Waals surface area contributed by atoms with Gasteiger partial charge in [-0.3, -0.25) is 0 Å². The summed E-state index contributed by atoms with van der Waals surface area (Å²) in [4.78, 5) is 4.96. The third-order valence-electron chi connectivity index (χ3n) is 5.48. The summed E-state index contributed by atoms with van der Waals surface area (Å²) in [5, 5.41) is 2.23. The van der Waals surface area contributed by atoms with Crippen molar-refractivity contribution in [2.75, 3.05) is 0 Å². The summed E-state index contributed by atoms with van der Waals surface area (Å²) < 4.78 is 12.3. The van der Waals surface area contributed by atoms with Crippen molar-refractivity contribution >= 4 is 33.0 Å². The van der Waals surface area contributed by atoms with E-state index >= 15 is 0 Å². The number of aromatic nitrogens is 1. The molecule has 0 amide bonds. The number of pyridine rings is 1. The molecular formula is C26H17NO2. The summed E-state index contributed by atoms with van der Waals surface area (Å²) in [6.07, 6.45) is 0. The third-order valence-corrected chi connectivity index (χ3v) is 5.48. The standard InChI is InChI=1S/C26H17NO2/c1-16-24-23(29-25(16)17-8-3-2-4-9-17)15-14-21(27-24)20-12-7-11-19-18-10-5-6-13-22(18)28-26(19)20/h2-15H,1H3. The zero-order valence-corrected chi connectivity index (χ0v) is 15.8. The van der Waals surface area contributed by atoms with E-state index in [2.05, 4.69) is 43.3 Å². The highest BCUT2D eigenvalue weighted by Gasteiger charge is 2.17. The van der Waals surface area contributed by atoms with Crippen LogP contribution in [-0.4, -0.2) is 4.98 Å². The highest BCUT2D eigenvalue weighted by molar-refractivity contribution is 6.09. The van der Waals surface area contributed by atoms with Gasteiger partial charge < -0.3 is 8.83 Å². The molecule has 0 unspecified atom stereocenters. The van der Waals surface area contributed by atoms with E-state index < -0.39 is 0 Å². The first-order valence-electron chi connectivity index (χ1n) is 9.66. The molecule has 6 rings (SSSR count). The second-order valence-corrected chi connectivity index (χ2v) is 7.25. The van der Waals surface area contributed by atoms with E-state index in [4.69, 9.17) is 13.8 Å². The molecule has 0 saturated carbocycles.